The van der Waals surface area contributed by atoms with Gasteiger partial charge < -0.3 is 38.6 Å². The van der Waals surface area contributed by atoms with E-state index in [4.69, 9.17) is 51.9 Å². The van der Waals surface area contributed by atoms with E-state index in [9.17, 15) is 14.3 Å². The highest BCUT2D eigenvalue weighted by molar-refractivity contribution is 7.22. The van der Waals surface area contributed by atoms with Crippen LogP contribution in [0.25, 0.3) is 31.8 Å². The van der Waals surface area contributed by atoms with Gasteiger partial charge in [-0.3, -0.25) is 4.90 Å². The molecular weight excluding hydrogens is 897 g/mol. The monoisotopic (exact) mass is 941 g/mol. The van der Waals surface area contributed by atoms with Crippen LogP contribution in [-0.2, 0) is 22.6 Å². The number of halogens is 3. The molecule has 8 heterocycles. The number of anilines is 1. The van der Waals surface area contributed by atoms with Crippen LogP contribution in [0, 0.1) is 25.1 Å². The molecule has 11 rings (SSSR count). The molecule has 1 spiro atoms. The Morgan fingerprint density at radius 3 is 2.43 bits per heavy atom. The molecule has 0 unspecified atom stereocenters. The zero-order valence-corrected chi connectivity index (χ0v) is 38.3. The molecule has 6 aromatic rings. The number of fused-ring (bicyclic) bond motifs is 7. The highest BCUT2D eigenvalue weighted by Gasteiger charge is 2.50. The molecule has 5 aliphatic rings. The molecule has 18 heteroatoms. The van der Waals surface area contributed by atoms with E-state index >= 15 is 0 Å². The Balaban J connectivity index is 1.07. The van der Waals surface area contributed by atoms with Gasteiger partial charge in [0, 0.05) is 74.4 Å². The first-order valence-corrected chi connectivity index (χ1v) is 23.0. The lowest BCUT2D eigenvalue weighted by atomic mass is 9.78. The largest absolute Gasteiger partial charge is 0.490 e. The third-order valence-electron chi connectivity index (χ3n) is 12.6. The number of benzene rings is 3. The molecule has 3 aromatic carbocycles. The van der Waals surface area contributed by atoms with Crippen molar-refractivity contribution in [1.82, 2.24) is 29.7 Å². The number of rotatable bonds is 8. The van der Waals surface area contributed by atoms with Gasteiger partial charge in [0.05, 0.1) is 39.8 Å². The molecule has 338 valence electrons. The standard InChI is InChI=1S/C47H46Cl2FN7O7S/c1-26-36-27(2)40(49)41(39(26)48)63-33(18-56-14-12-55(3)13-15-56)20-61-32-8-9-34(62-19-31-10-11-51-46(54-31)57-21-47(22-57)23-60-24-47)29(16-32)17-35(45(58)59)64-43-38-37(36)42(65-44(38)53-25-52-43)28-4-6-30(50)7-5-28/h4-11,16,25,33,35H,12-15,17-24H2,1-3H3,(H,58,59)/t33-,35-/m1/s1. The molecule has 5 aliphatic heterocycles. The summed E-state index contributed by atoms with van der Waals surface area (Å²) in [6.07, 6.45) is 0.950. The van der Waals surface area contributed by atoms with Crippen LogP contribution in [0.4, 0.5) is 10.3 Å². The van der Waals surface area contributed by atoms with Gasteiger partial charge in [-0.15, -0.1) is 11.3 Å². The SMILES string of the molecule is Cc1c(Cl)c2c(Cl)c(C)c1-c1c(-c3ccc(F)cc3)sc3ncnc(c13)O[C@@H](C(=O)O)Cc1cc(ccc1OCc1ccnc(N3CC4(COC4)C3)n1)OC[C@@H](CN1CCN(C)CC1)O2. The minimum absolute atomic E-state index is 0.0366. The molecular formula is C47H46Cl2FN7O7S. The normalized spacial score (nSPS) is 19.8. The topological polar surface area (TPSA) is 145 Å². The summed E-state index contributed by atoms with van der Waals surface area (Å²) in [7, 11) is 2.11. The predicted octanol–water partition coefficient (Wildman–Crippen LogP) is 7.76. The quantitative estimate of drug-likeness (QED) is 0.159. The fraction of sp³-hybridized carbons (Fsp3) is 0.383. The number of carboxylic acid groups (broad SMARTS) is 1. The Labute approximate surface area is 388 Å². The number of carbonyl (C=O) groups is 1. The molecule has 3 fully saturated rings. The third-order valence-corrected chi connectivity index (χ3v) is 14.6. The van der Waals surface area contributed by atoms with Gasteiger partial charge in [0.25, 0.3) is 0 Å². The Hall–Kier alpha value is -5.36. The van der Waals surface area contributed by atoms with Crippen LogP contribution < -0.4 is 23.8 Å². The second-order valence-corrected chi connectivity index (χ2v) is 19.1. The molecule has 0 radical (unpaired) electrons. The average Bonchev–Trinajstić information content (AvgIpc) is 3.65. The summed E-state index contributed by atoms with van der Waals surface area (Å²) in [4.78, 5) is 39.8. The lowest BCUT2D eigenvalue weighted by Crippen LogP contribution is -2.66. The first-order chi connectivity index (χ1) is 31.4. The molecule has 0 saturated carbocycles. The van der Waals surface area contributed by atoms with Crippen molar-refractivity contribution in [3.8, 4) is 44.7 Å². The predicted molar refractivity (Wildman–Crippen MR) is 246 cm³/mol. The van der Waals surface area contributed by atoms with Crippen LogP contribution in [-0.4, -0.2) is 126 Å². The number of ether oxygens (including phenoxy) is 5. The first kappa shape index (κ1) is 43.5. The number of aromatic nitrogens is 4. The summed E-state index contributed by atoms with van der Waals surface area (Å²) < 4.78 is 46.1. The number of thiophene rings is 1. The van der Waals surface area contributed by atoms with Crippen LogP contribution in [0.2, 0.25) is 10.0 Å². The van der Waals surface area contributed by atoms with Crippen molar-refractivity contribution >= 4 is 56.7 Å². The van der Waals surface area contributed by atoms with Gasteiger partial charge in [0.1, 0.15) is 47.8 Å². The lowest BCUT2D eigenvalue weighted by molar-refractivity contribution is -0.145. The third kappa shape index (κ3) is 8.63. The van der Waals surface area contributed by atoms with Crippen molar-refractivity contribution in [1.29, 1.82) is 0 Å². The summed E-state index contributed by atoms with van der Waals surface area (Å²) in [5.74, 6) is 0.260. The average molecular weight is 943 g/mol. The zero-order valence-electron chi connectivity index (χ0n) is 36.0. The van der Waals surface area contributed by atoms with E-state index in [1.165, 1.54) is 29.8 Å². The van der Waals surface area contributed by atoms with Crippen LogP contribution in [0.1, 0.15) is 22.4 Å². The van der Waals surface area contributed by atoms with Gasteiger partial charge >= 0.3 is 5.97 Å². The van der Waals surface area contributed by atoms with E-state index in [0.29, 0.717) is 94.0 Å². The van der Waals surface area contributed by atoms with E-state index in [1.807, 2.05) is 13.8 Å². The number of piperazine rings is 1. The van der Waals surface area contributed by atoms with Gasteiger partial charge in [0.2, 0.25) is 17.9 Å². The minimum atomic E-state index is -1.45. The fourth-order valence-corrected chi connectivity index (χ4v) is 10.6. The lowest BCUT2D eigenvalue weighted by Gasteiger charge is -2.54. The summed E-state index contributed by atoms with van der Waals surface area (Å²) >= 11 is 16.0. The number of hydrogen-bond donors (Lipinski definition) is 1. The van der Waals surface area contributed by atoms with Crippen LogP contribution in [0.5, 0.6) is 23.1 Å². The van der Waals surface area contributed by atoms with Crippen molar-refractivity contribution in [3.63, 3.8) is 0 Å². The van der Waals surface area contributed by atoms with Crippen molar-refractivity contribution in [2.75, 3.05) is 77.6 Å². The van der Waals surface area contributed by atoms with Crippen molar-refractivity contribution in [3.05, 3.63) is 99.3 Å². The first-order valence-electron chi connectivity index (χ1n) is 21.4. The molecule has 65 heavy (non-hydrogen) atoms. The Morgan fingerprint density at radius 1 is 0.969 bits per heavy atom. The van der Waals surface area contributed by atoms with E-state index in [-0.39, 0.29) is 30.9 Å². The molecule has 4 bridgehead atoms. The zero-order chi connectivity index (χ0) is 45.0. The molecule has 2 atom stereocenters. The van der Waals surface area contributed by atoms with Crippen molar-refractivity contribution in [2.24, 2.45) is 5.41 Å². The molecule has 0 aliphatic carbocycles. The molecule has 1 N–H and O–H groups in total. The van der Waals surface area contributed by atoms with Crippen LogP contribution in [0.3, 0.4) is 0 Å². The summed E-state index contributed by atoms with van der Waals surface area (Å²) in [5.41, 5.74) is 4.68. The van der Waals surface area contributed by atoms with Gasteiger partial charge in [-0.1, -0.05) is 35.3 Å². The fourth-order valence-electron chi connectivity index (χ4n) is 8.96. The number of hydrogen-bond acceptors (Lipinski definition) is 14. The molecule has 3 aromatic heterocycles. The number of nitrogens with zero attached hydrogens (tertiary/aromatic N) is 7. The number of carboxylic acids is 1. The van der Waals surface area contributed by atoms with E-state index < -0.39 is 24.0 Å². The molecule has 14 nitrogen and oxygen atoms in total. The molecule has 3 saturated heterocycles. The maximum atomic E-state index is 14.4. The van der Waals surface area contributed by atoms with Gasteiger partial charge in [-0.05, 0) is 79.5 Å². The van der Waals surface area contributed by atoms with Gasteiger partial charge in [-0.2, -0.15) is 0 Å². The van der Waals surface area contributed by atoms with Gasteiger partial charge in [-0.25, -0.2) is 29.1 Å². The van der Waals surface area contributed by atoms with Crippen molar-refractivity contribution < 1.29 is 38.0 Å². The minimum Gasteiger partial charge on any atom is -0.490 e. The number of aliphatic carboxylic acids is 1. The maximum Gasteiger partial charge on any atom is 0.345 e. The maximum absolute atomic E-state index is 14.4. The Morgan fingerprint density at radius 2 is 1.72 bits per heavy atom. The van der Waals surface area contributed by atoms with E-state index in [0.717, 1.165) is 52.5 Å². The highest BCUT2D eigenvalue weighted by atomic mass is 35.5. The van der Waals surface area contributed by atoms with E-state index in [2.05, 4.69) is 36.7 Å². The summed E-state index contributed by atoms with van der Waals surface area (Å²) in [6, 6.07) is 13.3. The second-order valence-electron chi connectivity index (χ2n) is 17.3. The summed E-state index contributed by atoms with van der Waals surface area (Å²) in [5, 5.41) is 11.9. The second kappa shape index (κ2) is 17.8. The summed E-state index contributed by atoms with van der Waals surface area (Å²) in [6.45, 7) is 11.2. The highest BCUT2D eigenvalue weighted by Crippen LogP contribution is 2.53. The smallest absolute Gasteiger partial charge is 0.345 e. The van der Waals surface area contributed by atoms with Crippen LogP contribution >= 0.6 is 34.5 Å². The van der Waals surface area contributed by atoms with Crippen LogP contribution in [0.15, 0.2) is 61.1 Å². The Kier molecular flexibility index (Phi) is 11.9. The Bertz CT molecular complexity index is 2750. The molecule has 0 amide bonds. The number of likely N-dealkylation sites (N-methyl/N-ethyl adjacent to an activating group) is 1. The van der Waals surface area contributed by atoms with E-state index in [1.54, 1.807) is 42.6 Å². The van der Waals surface area contributed by atoms with Gasteiger partial charge in [0.15, 0.2) is 5.75 Å². The van der Waals surface area contributed by atoms with Crippen molar-refractivity contribution in [2.45, 2.75) is 39.1 Å².